The molecule has 0 aliphatic carbocycles. The zero-order valence-electron chi connectivity index (χ0n) is 12.2. The Morgan fingerprint density at radius 2 is 1.65 bits per heavy atom. The second-order valence-corrected chi connectivity index (χ2v) is 5.12. The fraction of sp³-hybridized carbons (Fsp3) is 0.500. The average Bonchev–Trinajstić information content (AvgIpc) is 2.12. The van der Waals surface area contributed by atoms with E-state index >= 15 is 0 Å². The Kier molecular flexibility index (Phi) is 7.36. The summed E-state index contributed by atoms with van der Waals surface area (Å²) in [5, 5.41) is 3.31. The van der Waals surface area contributed by atoms with Crippen LogP contribution in [0.15, 0.2) is 47.2 Å². The van der Waals surface area contributed by atoms with Crippen molar-refractivity contribution in [2.24, 2.45) is 0 Å². The van der Waals surface area contributed by atoms with Crippen LogP contribution in [-0.4, -0.2) is 6.04 Å². The number of nitrogens with one attached hydrogen (secondary N) is 1. The predicted octanol–water partition coefficient (Wildman–Crippen LogP) is 4.75. The molecular weight excluding hydrogens is 206 g/mol. The molecule has 1 N–H and O–H groups in total. The molecule has 0 aromatic rings. The van der Waals surface area contributed by atoms with Crippen molar-refractivity contribution in [3.8, 4) is 0 Å². The van der Waals surface area contributed by atoms with Crippen LogP contribution in [0.2, 0.25) is 0 Å². The molecule has 96 valence electrons. The van der Waals surface area contributed by atoms with Crippen LogP contribution >= 0.6 is 0 Å². The molecule has 1 nitrogen and oxygen atoms in total. The van der Waals surface area contributed by atoms with E-state index in [2.05, 4.69) is 64.7 Å². The minimum absolute atomic E-state index is 0.444. The molecule has 0 saturated carbocycles. The summed E-state index contributed by atoms with van der Waals surface area (Å²) < 4.78 is 0. The van der Waals surface area contributed by atoms with Crippen LogP contribution in [0.4, 0.5) is 0 Å². The number of rotatable bonds is 6. The topological polar surface area (TPSA) is 12.0 Å². The normalized spacial score (nSPS) is 14.2. The van der Waals surface area contributed by atoms with Gasteiger partial charge in [0, 0.05) is 11.7 Å². The zero-order chi connectivity index (χ0) is 13.4. The van der Waals surface area contributed by atoms with Gasteiger partial charge in [0.15, 0.2) is 0 Å². The van der Waals surface area contributed by atoms with Crippen molar-refractivity contribution in [2.45, 2.75) is 54.0 Å². The van der Waals surface area contributed by atoms with E-state index in [4.69, 9.17) is 0 Å². The molecule has 1 heteroatoms. The van der Waals surface area contributed by atoms with E-state index < -0.39 is 0 Å². The highest BCUT2D eigenvalue weighted by Gasteiger charge is 1.97. The minimum Gasteiger partial charge on any atom is -0.386 e. The monoisotopic (exact) mass is 233 g/mol. The zero-order valence-corrected chi connectivity index (χ0v) is 12.2. The van der Waals surface area contributed by atoms with Gasteiger partial charge >= 0.3 is 0 Å². The van der Waals surface area contributed by atoms with E-state index in [0.717, 1.165) is 12.1 Å². The van der Waals surface area contributed by atoms with Crippen LogP contribution in [0, 0.1) is 0 Å². The highest BCUT2D eigenvalue weighted by molar-refractivity contribution is 5.29. The third-order valence-electron chi connectivity index (χ3n) is 2.26. The lowest BCUT2D eigenvalue weighted by Gasteiger charge is -2.12. The Balaban J connectivity index is 4.36. The van der Waals surface area contributed by atoms with Crippen molar-refractivity contribution in [3.05, 3.63) is 47.2 Å². The summed E-state index contributed by atoms with van der Waals surface area (Å²) in [6, 6.07) is 0.444. The third kappa shape index (κ3) is 9.68. The summed E-state index contributed by atoms with van der Waals surface area (Å²) in [6.45, 7) is 16.5. The van der Waals surface area contributed by atoms with Crippen molar-refractivity contribution >= 4 is 0 Å². The first-order chi connectivity index (χ1) is 7.81. The number of hydrogen-bond acceptors (Lipinski definition) is 1. The first-order valence-electron chi connectivity index (χ1n) is 6.23. The molecule has 1 atom stereocenters. The molecule has 0 aliphatic heterocycles. The van der Waals surface area contributed by atoms with Gasteiger partial charge in [-0.05, 0) is 48.0 Å². The second kappa shape index (κ2) is 7.94. The van der Waals surface area contributed by atoms with Crippen molar-refractivity contribution in [2.75, 3.05) is 0 Å². The molecule has 0 heterocycles. The lowest BCUT2D eigenvalue weighted by Crippen LogP contribution is -2.22. The van der Waals surface area contributed by atoms with Gasteiger partial charge in [0.25, 0.3) is 0 Å². The van der Waals surface area contributed by atoms with Gasteiger partial charge in [-0.25, -0.2) is 0 Å². The van der Waals surface area contributed by atoms with E-state index in [1.165, 1.54) is 16.7 Å². The van der Waals surface area contributed by atoms with Gasteiger partial charge in [-0.1, -0.05) is 41.5 Å². The first kappa shape index (κ1) is 15.8. The molecule has 17 heavy (non-hydrogen) atoms. The van der Waals surface area contributed by atoms with Crippen molar-refractivity contribution in [3.63, 3.8) is 0 Å². The van der Waals surface area contributed by atoms with Crippen LogP contribution in [0.3, 0.4) is 0 Å². The lowest BCUT2D eigenvalue weighted by atomic mass is 10.1. The maximum absolute atomic E-state index is 3.85. The van der Waals surface area contributed by atoms with Crippen molar-refractivity contribution in [1.82, 2.24) is 5.32 Å². The average molecular weight is 233 g/mol. The molecule has 0 saturated heterocycles. The Morgan fingerprint density at radius 3 is 2.12 bits per heavy atom. The summed E-state index contributed by atoms with van der Waals surface area (Å²) in [7, 11) is 0. The molecule has 0 spiro atoms. The quantitative estimate of drug-likeness (QED) is 0.653. The van der Waals surface area contributed by atoms with E-state index in [1.807, 2.05) is 6.92 Å². The van der Waals surface area contributed by atoms with E-state index in [0.29, 0.717) is 6.04 Å². The molecule has 0 fully saturated rings. The molecule has 0 radical (unpaired) electrons. The van der Waals surface area contributed by atoms with Gasteiger partial charge in [0.1, 0.15) is 0 Å². The second-order valence-electron chi connectivity index (χ2n) is 5.12. The molecule has 1 unspecified atom stereocenters. The third-order valence-corrected chi connectivity index (χ3v) is 2.26. The van der Waals surface area contributed by atoms with Crippen molar-refractivity contribution < 1.29 is 0 Å². The predicted molar refractivity (Wildman–Crippen MR) is 79.0 cm³/mol. The Bertz CT molecular complexity index is 339. The molecule has 0 rings (SSSR count). The van der Waals surface area contributed by atoms with Gasteiger partial charge < -0.3 is 5.32 Å². The van der Waals surface area contributed by atoms with Crippen molar-refractivity contribution in [1.29, 1.82) is 0 Å². The summed E-state index contributed by atoms with van der Waals surface area (Å²) >= 11 is 0. The van der Waals surface area contributed by atoms with E-state index in [1.54, 1.807) is 0 Å². The maximum Gasteiger partial charge on any atom is 0.0264 e. The summed E-state index contributed by atoms with van der Waals surface area (Å²) in [4.78, 5) is 0. The number of allylic oxidation sites excluding steroid dienone is 6. The van der Waals surface area contributed by atoms with Gasteiger partial charge in [-0.2, -0.15) is 0 Å². The largest absolute Gasteiger partial charge is 0.386 e. The van der Waals surface area contributed by atoms with Gasteiger partial charge in [-0.15, -0.1) is 0 Å². The summed E-state index contributed by atoms with van der Waals surface area (Å²) in [5.41, 5.74) is 4.98. The molecule has 0 aromatic carbocycles. The van der Waals surface area contributed by atoms with Crippen LogP contribution in [-0.2, 0) is 0 Å². The SMILES string of the molecule is C=C(C)NC(C)C/C=C(C)/C=C(/C)C=C(C)C. The standard InChI is InChI=1S/C16H27N/c1-12(2)10-15(6)11-14(5)8-9-16(7)17-13(3)4/h8,10-11,16-17H,3,9H2,1-2,4-7H3/b14-8+,15-11-. The maximum atomic E-state index is 3.85. The van der Waals surface area contributed by atoms with Crippen LogP contribution in [0.25, 0.3) is 0 Å². The Morgan fingerprint density at radius 1 is 1.06 bits per heavy atom. The fourth-order valence-electron chi connectivity index (χ4n) is 1.76. The van der Waals surface area contributed by atoms with Gasteiger partial charge in [-0.3, -0.25) is 0 Å². The molecular formula is C16H27N. The van der Waals surface area contributed by atoms with Gasteiger partial charge in [0.05, 0.1) is 0 Å². The van der Waals surface area contributed by atoms with Crippen LogP contribution in [0.5, 0.6) is 0 Å². The van der Waals surface area contributed by atoms with Crippen LogP contribution < -0.4 is 5.32 Å². The van der Waals surface area contributed by atoms with Gasteiger partial charge in [0.2, 0.25) is 0 Å². The minimum atomic E-state index is 0.444. The Labute approximate surface area is 107 Å². The molecule has 0 aromatic heterocycles. The Hall–Kier alpha value is -1.24. The smallest absolute Gasteiger partial charge is 0.0264 e. The summed E-state index contributed by atoms with van der Waals surface area (Å²) in [5.74, 6) is 0. The molecule has 0 aliphatic rings. The number of hydrogen-bond donors (Lipinski definition) is 1. The highest BCUT2D eigenvalue weighted by Crippen LogP contribution is 2.07. The van der Waals surface area contributed by atoms with E-state index in [9.17, 15) is 0 Å². The summed E-state index contributed by atoms with van der Waals surface area (Å²) in [6.07, 6.45) is 7.72. The molecule has 0 amide bonds. The lowest BCUT2D eigenvalue weighted by molar-refractivity contribution is 0.622. The van der Waals surface area contributed by atoms with Crippen LogP contribution in [0.1, 0.15) is 48.0 Å². The fourth-order valence-corrected chi connectivity index (χ4v) is 1.76. The highest BCUT2D eigenvalue weighted by atomic mass is 14.9. The van der Waals surface area contributed by atoms with E-state index in [-0.39, 0.29) is 0 Å². The molecule has 0 bridgehead atoms. The first-order valence-corrected chi connectivity index (χ1v) is 6.23.